The minimum absolute atomic E-state index is 0.213. The summed E-state index contributed by atoms with van der Waals surface area (Å²) in [6.07, 6.45) is -0.977. The topological polar surface area (TPSA) is 80.1 Å². The Kier molecular flexibility index (Phi) is 5.75. The molecule has 1 amide bonds. The fourth-order valence-corrected chi connectivity index (χ4v) is 3.72. The Morgan fingerprint density at radius 2 is 1.71 bits per heavy atom. The van der Waals surface area contributed by atoms with E-state index in [-0.39, 0.29) is 17.1 Å². The molecule has 160 valence electrons. The highest BCUT2D eigenvalue weighted by Gasteiger charge is 2.28. The highest BCUT2D eigenvalue weighted by molar-refractivity contribution is 5.91. The Bertz CT molecular complexity index is 1160. The van der Waals surface area contributed by atoms with E-state index < -0.39 is 12.1 Å². The van der Waals surface area contributed by atoms with Crippen molar-refractivity contribution in [3.8, 4) is 0 Å². The van der Waals surface area contributed by atoms with E-state index in [0.717, 1.165) is 17.3 Å². The highest BCUT2D eigenvalue weighted by Crippen LogP contribution is 2.18. The molecule has 3 aromatic rings. The van der Waals surface area contributed by atoms with Crippen LogP contribution in [0.5, 0.6) is 0 Å². The van der Waals surface area contributed by atoms with Gasteiger partial charge in [-0.25, -0.2) is 4.79 Å². The Balaban J connectivity index is 1.39. The van der Waals surface area contributed by atoms with Crippen LogP contribution in [0.25, 0.3) is 11.0 Å². The molecular formula is C24H24N2O5. The first-order chi connectivity index (χ1) is 14.9. The van der Waals surface area contributed by atoms with Crippen molar-refractivity contribution in [2.75, 3.05) is 31.1 Å². The smallest absolute Gasteiger partial charge is 0.375 e. The first kappa shape index (κ1) is 20.7. The number of carbonyl (C=O) groups is 2. The molecule has 0 aliphatic carbocycles. The van der Waals surface area contributed by atoms with Crippen molar-refractivity contribution in [1.82, 2.24) is 4.90 Å². The van der Waals surface area contributed by atoms with Crippen LogP contribution in [0.2, 0.25) is 0 Å². The molecule has 31 heavy (non-hydrogen) atoms. The number of hydrogen-bond donors (Lipinski definition) is 0. The second-order valence-electron chi connectivity index (χ2n) is 7.67. The molecule has 2 heterocycles. The summed E-state index contributed by atoms with van der Waals surface area (Å²) in [5.41, 5.74) is 2.02. The van der Waals surface area contributed by atoms with E-state index in [2.05, 4.69) is 4.90 Å². The molecule has 0 saturated carbocycles. The van der Waals surface area contributed by atoms with Crippen LogP contribution in [0.4, 0.5) is 5.69 Å². The average molecular weight is 420 g/mol. The number of benzene rings is 2. The molecule has 0 N–H and O–H groups in total. The lowest BCUT2D eigenvalue weighted by Gasteiger charge is -2.36. The van der Waals surface area contributed by atoms with Crippen molar-refractivity contribution >= 4 is 28.5 Å². The second kappa shape index (κ2) is 8.63. The van der Waals surface area contributed by atoms with Crippen LogP contribution < -0.4 is 10.3 Å². The van der Waals surface area contributed by atoms with Crippen LogP contribution in [0.3, 0.4) is 0 Å². The van der Waals surface area contributed by atoms with Crippen LogP contribution in [-0.2, 0) is 9.53 Å². The minimum Gasteiger partial charge on any atom is -0.449 e. The molecule has 0 radical (unpaired) electrons. The molecule has 1 saturated heterocycles. The lowest BCUT2D eigenvalue weighted by molar-refractivity contribution is -0.140. The number of piperazine rings is 1. The summed E-state index contributed by atoms with van der Waals surface area (Å²) < 4.78 is 10.9. The van der Waals surface area contributed by atoms with Crippen LogP contribution in [0.15, 0.2) is 63.8 Å². The number of aryl methyl sites for hydroxylation is 1. The molecule has 1 fully saturated rings. The predicted octanol–water partition coefficient (Wildman–Crippen LogP) is 3.00. The van der Waals surface area contributed by atoms with Crippen LogP contribution in [0.1, 0.15) is 23.0 Å². The zero-order valence-corrected chi connectivity index (χ0v) is 17.5. The molecule has 7 heteroatoms. The van der Waals surface area contributed by atoms with E-state index in [1.807, 2.05) is 37.3 Å². The van der Waals surface area contributed by atoms with Gasteiger partial charge in [0.05, 0.1) is 5.39 Å². The third-order valence-electron chi connectivity index (χ3n) is 5.43. The number of carbonyl (C=O) groups excluding carboxylic acids is 2. The lowest BCUT2D eigenvalue weighted by atomic mass is 10.1. The van der Waals surface area contributed by atoms with Crippen molar-refractivity contribution in [3.05, 3.63) is 76.1 Å². The summed E-state index contributed by atoms with van der Waals surface area (Å²) in [7, 11) is 0. The SMILES string of the molecule is Cc1ccc2oc(C(=O)O[C@@H](C)C(=O)N3CCN(c4ccccc4)CC3)cc(=O)c2c1. The molecule has 4 rings (SSSR count). The number of hydrogen-bond acceptors (Lipinski definition) is 6. The molecule has 0 unspecified atom stereocenters. The molecule has 0 spiro atoms. The van der Waals surface area contributed by atoms with Crippen molar-refractivity contribution in [2.45, 2.75) is 20.0 Å². The summed E-state index contributed by atoms with van der Waals surface area (Å²) in [5, 5.41) is 0.400. The monoisotopic (exact) mass is 420 g/mol. The van der Waals surface area contributed by atoms with E-state index >= 15 is 0 Å². The maximum atomic E-state index is 12.8. The zero-order chi connectivity index (χ0) is 22.0. The Hall–Kier alpha value is -3.61. The van der Waals surface area contributed by atoms with Crippen molar-refractivity contribution < 1.29 is 18.7 Å². The molecule has 1 aliphatic heterocycles. The van der Waals surface area contributed by atoms with Gasteiger partial charge in [-0.15, -0.1) is 0 Å². The van der Waals surface area contributed by atoms with E-state index in [1.165, 1.54) is 6.92 Å². The van der Waals surface area contributed by atoms with Gasteiger partial charge in [0.25, 0.3) is 5.91 Å². The zero-order valence-electron chi connectivity index (χ0n) is 17.5. The fraction of sp³-hybridized carbons (Fsp3) is 0.292. The molecule has 7 nitrogen and oxygen atoms in total. The third-order valence-corrected chi connectivity index (χ3v) is 5.43. The highest BCUT2D eigenvalue weighted by atomic mass is 16.6. The maximum absolute atomic E-state index is 12.8. The summed E-state index contributed by atoms with van der Waals surface area (Å²) in [4.78, 5) is 41.5. The number of rotatable bonds is 4. The van der Waals surface area contributed by atoms with Crippen LogP contribution in [-0.4, -0.2) is 49.1 Å². The van der Waals surface area contributed by atoms with Gasteiger partial charge in [0, 0.05) is 37.9 Å². The number of para-hydroxylation sites is 1. The molecule has 1 atom stereocenters. The number of ether oxygens (including phenoxy) is 1. The Morgan fingerprint density at radius 1 is 1.00 bits per heavy atom. The number of fused-ring (bicyclic) bond motifs is 1. The van der Waals surface area contributed by atoms with Crippen LogP contribution in [0, 0.1) is 6.92 Å². The molecule has 1 aromatic heterocycles. The van der Waals surface area contributed by atoms with E-state index in [4.69, 9.17) is 9.15 Å². The molecular weight excluding hydrogens is 396 g/mol. The van der Waals surface area contributed by atoms with E-state index in [1.54, 1.807) is 23.1 Å². The van der Waals surface area contributed by atoms with Gasteiger partial charge in [-0.2, -0.15) is 0 Å². The molecule has 0 bridgehead atoms. The van der Waals surface area contributed by atoms with Gasteiger partial charge >= 0.3 is 5.97 Å². The van der Waals surface area contributed by atoms with Crippen molar-refractivity contribution in [1.29, 1.82) is 0 Å². The summed E-state index contributed by atoms with van der Waals surface area (Å²) in [5.74, 6) is -1.31. The summed E-state index contributed by atoms with van der Waals surface area (Å²) in [6, 6.07) is 16.3. The van der Waals surface area contributed by atoms with Gasteiger partial charge in [0.15, 0.2) is 11.5 Å². The quantitative estimate of drug-likeness (QED) is 0.604. The number of esters is 1. The van der Waals surface area contributed by atoms with Gasteiger partial charge in [-0.1, -0.05) is 29.8 Å². The summed E-state index contributed by atoms with van der Waals surface area (Å²) >= 11 is 0. The fourth-order valence-electron chi connectivity index (χ4n) is 3.72. The van der Waals surface area contributed by atoms with Gasteiger partial charge < -0.3 is 19.0 Å². The second-order valence-corrected chi connectivity index (χ2v) is 7.67. The van der Waals surface area contributed by atoms with Gasteiger partial charge in [0.1, 0.15) is 5.58 Å². The first-order valence-electron chi connectivity index (χ1n) is 10.3. The largest absolute Gasteiger partial charge is 0.449 e. The van der Waals surface area contributed by atoms with Crippen LogP contribution >= 0.6 is 0 Å². The molecule has 1 aliphatic rings. The number of anilines is 1. The minimum atomic E-state index is -0.977. The third kappa shape index (κ3) is 4.45. The normalized spacial score (nSPS) is 15.0. The first-order valence-corrected chi connectivity index (χ1v) is 10.3. The standard InChI is InChI=1S/C24H24N2O5/c1-16-8-9-21-19(14-16)20(27)15-22(31-21)24(29)30-17(2)23(28)26-12-10-25(11-13-26)18-6-4-3-5-7-18/h3-9,14-15,17H,10-13H2,1-2H3/t17-/m0/s1. The van der Waals surface area contributed by atoms with E-state index in [9.17, 15) is 14.4 Å². The maximum Gasteiger partial charge on any atom is 0.375 e. The van der Waals surface area contributed by atoms with Gasteiger partial charge in [-0.3, -0.25) is 9.59 Å². The lowest BCUT2D eigenvalue weighted by Crippen LogP contribution is -2.51. The Morgan fingerprint density at radius 3 is 2.42 bits per heavy atom. The number of amides is 1. The summed E-state index contributed by atoms with van der Waals surface area (Å²) in [6.45, 7) is 5.89. The van der Waals surface area contributed by atoms with Crippen molar-refractivity contribution in [3.63, 3.8) is 0 Å². The average Bonchev–Trinajstić information content (AvgIpc) is 2.79. The Labute approximate surface area is 179 Å². The van der Waals surface area contributed by atoms with Gasteiger partial charge in [0.2, 0.25) is 5.76 Å². The van der Waals surface area contributed by atoms with Gasteiger partial charge in [-0.05, 0) is 38.1 Å². The molecule has 2 aromatic carbocycles. The van der Waals surface area contributed by atoms with E-state index in [0.29, 0.717) is 37.1 Å². The van der Waals surface area contributed by atoms with Crippen molar-refractivity contribution in [2.24, 2.45) is 0 Å². The predicted molar refractivity (Wildman–Crippen MR) is 117 cm³/mol. The number of nitrogens with zero attached hydrogens (tertiary/aromatic N) is 2.